The molecule has 1 aliphatic rings. The molecular weight excluding hydrogens is 299 g/mol. The number of hydrogen-bond donors (Lipinski definition) is 0. The second kappa shape index (κ2) is 19.8. The van der Waals surface area contributed by atoms with Gasteiger partial charge in [0, 0.05) is 11.8 Å². The van der Waals surface area contributed by atoms with E-state index >= 15 is 0 Å². The summed E-state index contributed by atoms with van der Waals surface area (Å²) in [6, 6.07) is 0. The molecule has 0 N–H and O–H groups in total. The van der Waals surface area contributed by atoms with E-state index in [9.17, 15) is 10.2 Å². The summed E-state index contributed by atoms with van der Waals surface area (Å²) in [4.78, 5) is 0. The number of alkyl halides is 3. The van der Waals surface area contributed by atoms with Gasteiger partial charge in [0.05, 0.1) is 18.6 Å². The fourth-order valence-corrected chi connectivity index (χ4v) is 0.851. The summed E-state index contributed by atoms with van der Waals surface area (Å²) in [6.07, 6.45) is 1.48. The second-order valence-electron chi connectivity index (χ2n) is 3.10. The number of rotatable bonds is 5. The largest absolute Gasteiger partial charge is 2.00 e. The molecule has 1 aliphatic heterocycles. The molecule has 3 nitrogen and oxygen atoms in total. The van der Waals surface area contributed by atoms with Crippen LogP contribution in [0.3, 0.4) is 0 Å². The van der Waals surface area contributed by atoms with E-state index in [0.717, 1.165) is 19.4 Å². The molecule has 1 fully saturated rings. The molecule has 0 aliphatic carbocycles. The summed E-state index contributed by atoms with van der Waals surface area (Å²) in [5.41, 5.74) is 0. The molecule has 1 unspecified atom stereocenters. The minimum atomic E-state index is -0.784. The van der Waals surface area contributed by atoms with E-state index in [2.05, 4.69) is 0 Å². The fraction of sp³-hybridized carbons (Fsp3) is 1.00. The van der Waals surface area contributed by atoms with Crippen molar-refractivity contribution >= 4 is 57.9 Å². The van der Waals surface area contributed by atoms with Gasteiger partial charge in [0.25, 0.3) is 0 Å². The Morgan fingerprint density at radius 2 is 1.76 bits per heavy atom. The summed E-state index contributed by atoms with van der Waals surface area (Å²) in [5, 5.41) is 19.5. The van der Waals surface area contributed by atoms with Crippen LogP contribution in [0.1, 0.15) is 19.8 Å². The van der Waals surface area contributed by atoms with E-state index in [1.165, 1.54) is 0 Å². The van der Waals surface area contributed by atoms with Crippen molar-refractivity contribution < 1.29 is 14.9 Å². The maximum atomic E-state index is 10.0. The molecule has 17 heavy (non-hydrogen) atoms. The van der Waals surface area contributed by atoms with Crippen molar-refractivity contribution in [2.45, 2.75) is 32.0 Å². The fourth-order valence-electron chi connectivity index (χ4n) is 0.343. The molecule has 0 radical (unpaired) electrons. The van der Waals surface area contributed by atoms with E-state index in [4.69, 9.17) is 39.5 Å². The van der Waals surface area contributed by atoms with Crippen molar-refractivity contribution in [1.82, 2.24) is 0 Å². The Bertz CT molecular complexity index is 123. The van der Waals surface area contributed by atoms with Gasteiger partial charge in [-0.05, 0) is 0 Å². The van der Waals surface area contributed by atoms with Gasteiger partial charge in [0.15, 0.2) is 0 Å². The maximum Gasteiger partial charge on any atom is 2.00 e. The van der Waals surface area contributed by atoms with Crippen molar-refractivity contribution in [2.75, 3.05) is 30.9 Å². The van der Waals surface area contributed by atoms with Crippen LogP contribution in [-0.4, -0.2) is 66.1 Å². The Labute approximate surface area is 135 Å². The quantitative estimate of drug-likeness (QED) is 0.423. The van der Waals surface area contributed by atoms with Crippen LogP contribution in [0.25, 0.3) is 0 Å². The standard InChI is InChI=1S/C4H9O.C3H5Cl2O.C3H5ClO.Mg/c1-2-3-4-5;4-1-3(6)2-5;4-1-3-2-5-3;/h2-4H2,1H3;3H,1-2H2;3H,1-2H2;/q2*-1;;+2. The molecule has 100 valence electrons. The number of halogens is 3. The molecule has 0 saturated carbocycles. The van der Waals surface area contributed by atoms with Gasteiger partial charge < -0.3 is 14.9 Å². The number of hydrogen-bond acceptors (Lipinski definition) is 3. The molecule has 0 spiro atoms. The van der Waals surface area contributed by atoms with Crippen LogP contribution in [0.15, 0.2) is 0 Å². The van der Waals surface area contributed by atoms with Gasteiger partial charge in [-0.25, -0.2) is 0 Å². The Balaban J connectivity index is -0.000000169. The predicted octanol–water partition coefficient (Wildman–Crippen LogP) is 0.583. The Kier molecular flexibility index (Phi) is 27.5. The average molecular weight is 318 g/mol. The molecule has 7 heteroatoms. The van der Waals surface area contributed by atoms with Crippen molar-refractivity contribution in [2.24, 2.45) is 0 Å². The molecular formula is C10H19Cl3MgO3. The average Bonchev–Trinajstić information content (AvgIpc) is 3.14. The molecule has 0 aromatic carbocycles. The van der Waals surface area contributed by atoms with E-state index < -0.39 is 6.10 Å². The zero-order chi connectivity index (χ0) is 12.8. The van der Waals surface area contributed by atoms with E-state index in [1.54, 1.807) is 0 Å². The van der Waals surface area contributed by atoms with Gasteiger partial charge in [-0.15, -0.1) is 41.4 Å². The molecule has 0 aromatic rings. The molecule has 1 saturated heterocycles. The first-order valence-corrected chi connectivity index (χ1v) is 6.79. The summed E-state index contributed by atoms with van der Waals surface area (Å²) in [7, 11) is 0. The summed E-state index contributed by atoms with van der Waals surface area (Å²) in [6.45, 7) is 2.98. The first kappa shape index (κ1) is 23.6. The summed E-state index contributed by atoms with van der Waals surface area (Å²) < 4.78 is 4.73. The van der Waals surface area contributed by atoms with Gasteiger partial charge >= 0.3 is 23.1 Å². The Hall–Kier alpha value is 1.52. The van der Waals surface area contributed by atoms with Crippen LogP contribution in [0, 0.1) is 0 Å². The normalized spacial score (nSPS) is 16.1. The van der Waals surface area contributed by atoms with Crippen molar-refractivity contribution in [3.8, 4) is 0 Å². The zero-order valence-electron chi connectivity index (χ0n) is 10.2. The number of ether oxygens (including phenoxy) is 1. The minimum Gasteiger partial charge on any atom is -0.854 e. The molecule has 1 atom stereocenters. The van der Waals surface area contributed by atoms with Crippen molar-refractivity contribution in [1.29, 1.82) is 0 Å². The van der Waals surface area contributed by atoms with Crippen LogP contribution in [0.4, 0.5) is 0 Å². The third-order valence-corrected chi connectivity index (χ3v) is 2.45. The minimum absolute atomic E-state index is 0. The van der Waals surface area contributed by atoms with Gasteiger partial charge in [0.1, 0.15) is 0 Å². The van der Waals surface area contributed by atoms with Gasteiger partial charge in [-0.1, -0.05) is 25.9 Å². The number of unbranched alkanes of at least 4 members (excludes halogenated alkanes) is 1. The molecule has 0 amide bonds. The van der Waals surface area contributed by atoms with Gasteiger partial charge in [-0.3, -0.25) is 0 Å². The van der Waals surface area contributed by atoms with Gasteiger partial charge in [0.2, 0.25) is 0 Å². The van der Waals surface area contributed by atoms with Crippen LogP contribution in [-0.2, 0) is 4.74 Å². The van der Waals surface area contributed by atoms with Crippen LogP contribution >= 0.6 is 34.8 Å². The summed E-state index contributed by atoms with van der Waals surface area (Å²) in [5.74, 6) is 0.896. The zero-order valence-corrected chi connectivity index (χ0v) is 13.9. The predicted molar refractivity (Wildman–Crippen MR) is 71.2 cm³/mol. The van der Waals surface area contributed by atoms with E-state index in [1.807, 2.05) is 6.92 Å². The van der Waals surface area contributed by atoms with Crippen LogP contribution < -0.4 is 10.2 Å². The molecule has 0 bridgehead atoms. The van der Waals surface area contributed by atoms with E-state index in [0.29, 0.717) is 12.0 Å². The van der Waals surface area contributed by atoms with Crippen molar-refractivity contribution in [3.63, 3.8) is 0 Å². The third kappa shape index (κ3) is 26.9. The Morgan fingerprint density at radius 3 is 1.76 bits per heavy atom. The summed E-state index contributed by atoms with van der Waals surface area (Å²) >= 11 is 15.4. The molecule has 1 rings (SSSR count). The SMILES string of the molecule is CCCC[O-].ClCC1CO1.[Mg+2].[O-]C(CCl)CCl. The third-order valence-electron chi connectivity index (χ3n) is 1.42. The monoisotopic (exact) mass is 316 g/mol. The van der Waals surface area contributed by atoms with Crippen LogP contribution in [0.5, 0.6) is 0 Å². The maximum absolute atomic E-state index is 10.0. The van der Waals surface area contributed by atoms with Crippen molar-refractivity contribution in [3.05, 3.63) is 0 Å². The van der Waals surface area contributed by atoms with Crippen LogP contribution in [0.2, 0.25) is 0 Å². The molecule has 0 aromatic heterocycles. The van der Waals surface area contributed by atoms with Gasteiger partial charge in [-0.2, -0.15) is 0 Å². The Morgan fingerprint density at radius 1 is 1.29 bits per heavy atom. The first-order valence-electron chi connectivity index (χ1n) is 5.19. The number of epoxide rings is 1. The molecule has 1 heterocycles. The topological polar surface area (TPSA) is 58.6 Å². The first-order chi connectivity index (χ1) is 7.65. The van der Waals surface area contributed by atoms with E-state index in [-0.39, 0.29) is 41.4 Å². The smallest absolute Gasteiger partial charge is 0.854 e. The second-order valence-corrected chi connectivity index (χ2v) is 4.02.